The van der Waals surface area contributed by atoms with Crippen molar-refractivity contribution >= 4 is 98.3 Å². The summed E-state index contributed by atoms with van der Waals surface area (Å²) in [5.41, 5.74) is 10.8. The fraction of sp³-hybridized carbons (Fsp3) is 0. The SMILES string of the molecule is [Pt+2].[c-]1c(Oc2[c-]c3c(cc2)c2ccc4c(c5ccccc5n4-c4ccccc4)c2n2ccnc32)ccc2c1c1nccn1c1c2ccc2c1c1ccccc1n2-c1ccccc1. The Balaban J connectivity index is 0.00000391. The molecule has 0 bridgehead atoms. The summed E-state index contributed by atoms with van der Waals surface area (Å²) < 4.78 is 15.8. The molecule has 0 spiro atoms. The van der Waals surface area contributed by atoms with Crippen molar-refractivity contribution in [3.63, 3.8) is 0 Å². The number of benzene rings is 8. The van der Waals surface area contributed by atoms with Gasteiger partial charge in [-0.1, -0.05) is 131 Å². The van der Waals surface area contributed by atoms with Crippen molar-refractivity contribution in [1.29, 1.82) is 0 Å². The number of para-hydroxylation sites is 4. The molecule has 0 fully saturated rings. The minimum absolute atomic E-state index is 0. The zero-order valence-corrected chi connectivity index (χ0v) is 35.0. The van der Waals surface area contributed by atoms with Gasteiger partial charge in [-0.05, 0) is 59.3 Å². The second-order valence-corrected chi connectivity index (χ2v) is 15.7. The van der Waals surface area contributed by atoms with E-state index >= 15 is 0 Å². The standard InChI is InChI=1S/C54H30N6O.Pt/c1-3-11-33(12-4-1)59-45-17-9-7-15-41(45)49-47(59)25-23-39-37-21-19-35(31-43(37)53-55-27-29-57(53)51(39)49)61-36-20-22-38-40-24-26-48-50(52(40)58-30-28-56-54(58)44(38)32-36)42-16-8-10-18-46(42)60(48)34-13-5-2-6-14-34;/h1-30H;/q-2;+2. The number of rotatable bonds is 4. The number of hydrogen-bond acceptors (Lipinski definition) is 3. The molecule has 8 heteroatoms. The summed E-state index contributed by atoms with van der Waals surface area (Å²) in [5, 5.41) is 10.9. The molecule has 7 nitrogen and oxygen atoms in total. The van der Waals surface area contributed by atoms with Crippen LogP contribution in [-0.4, -0.2) is 27.9 Å². The Morgan fingerprint density at radius 1 is 0.387 bits per heavy atom. The first kappa shape index (κ1) is 35.1. The van der Waals surface area contributed by atoms with E-state index in [2.05, 4.69) is 188 Å². The van der Waals surface area contributed by atoms with E-state index in [9.17, 15) is 0 Å². The smallest absolute Gasteiger partial charge is 0.497 e. The molecular formula is C54H30N6OPt. The van der Waals surface area contributed by atoms with Crippen LogP contribution in [0.3, 0.4) is 0 Å². The van der Waals surface area contributed by atoms with E-state index < -0.39 is 0 Å². The normalized spacial score (nSPS) is 12.1. The molecule has 0 N–H and O–H groups in total. The van der Waals surface area contributed by atoms with Gasteiger partial charge in [0.1, 0.15) is 0 Å². The third-order valence-electron chi connectivity index (χ3n) is 12.5. The van der Waals surface area contributed by atoms with Crippen molar-refractivity contribution in [1.82, 2.24) is 27.9 Å². The summed E-state index contributed by atoms with van der Waals surface area (Å²) in [6, 6.07) is 62.9. The second kappa shape index (κ2) is 13.1. The molecule has 0 amide bonds. The van der Waals surface area contributed by atoms with E-state index in [0.29, 0.717) is 11.5 Å². The number of fused-ring (bicyclic) bond motifs is 20. The molecule has 0 aliphatic carbocycles. The fourth-order valence-corrected chi connectivity index (χ4v) is 10.1. The number of hydrogen-bond donors (Lipinski definition) is 0. The van der Waals surface area contributed by atoms with Gasteiger partial charge in [-0.3, -0.25) is 9.97 Å². The van der Waals surface area contributed by atoms with Crippen molar-refractivity contribution in [2.24, 2.45) is 0 Å². The first-order valence-corrected chi connectivity index (χ1v) is 20.4. The molecule has 0 aliphatic heterocycles. The van der Waals surface area contributed by atoms with Gasteiger partial charge in [-0.15, -0.1) is 12.1 Å². The number of aromatic nitrogens is 6. The summed E-state index contributed by atoms with van der Waals surface area (Å²) in [4.78, 5) is 9.81. The molecule has 0 saturated carbocycles. The minimum Gasteiger partial charge on any atom is -0.497 e. The van der Waals surface area contributed by atoms with E-state index in [1.807, 2.05) is 24.5 Å². The molecule has 14 rings (SSSR count). The molecule has 6 aromatic heterocycles. The Morgan fingerprint density at radius 3 is 1.27 bits per heavy atom. The van der Waals surface area contributed by atoms with Crippen LogP contribution in [-0.2, 0) is 21.1 Å². The van der Waals surface area contributed by atoms with Gasteiger partial charge < -0.3 is 22.7 Å². The third-order valence-corrected chi connectivity index (χ3v) is 12.5. The molecular weight excluding hydrogens is 944 g/mol. The van der Waals surface area contributed by atoms with Crippen LogP contribution in [0.25, 0.3) is 110 Å². The quantitative estimate of drug-likeness (QED) is 0.130. The van der Waals surface area contributed by atoms with Gasteiger partial charge in [-0.2, -0.15) is 0 Å². The summed E-state index contributed by atoms with van der Waals surface area (Å²) in [7, 11) is 0. The molecule has 0 unspecified atom stereocenters. The van der Waals surface area contributed by atoms with Gasteiger partial charge in [0.05, 0.1) is 33.4 Å². The minimum atomic E-state index is 0. The fourth-order valence-electron chi connectivity index (χ4n) is 10.1. The van der Waals surface area contributed by atoms with Crippen LogP contribution in [0.2, 0.25) is 0 Å². The van der Waals surface area contributed by atoms with Crippen LogP contribution >= 0.6 is 0 Å². The van der Waals surface area contributed by atoms with Gasteiger partial charge in [0.15, 0.2) is 0 Å². The van der Waals surface area contributed by atoms with E-state index in [4.69, 9.17) is 14.7 Å². The molecule has 0 radical (unpaired) electrons. The van der Waals surface area contributed by atoms with Crippen LogP contribution in [0.4, 0.5) is 0 Å². The number of ether oxygens (including phenoxy) is 1. The van der Waals surface area contributed by atoms with Crippen LogP contribution in [0.1, 0.15) is 0 Å². The van der Waals surface area contributed by atoms with Crippen LogP contribution in [0.5, 0.6) is 11.5 Å². The Morgan fingerprint density at radius 2 is 0.806 bits per heavy atom. The number of pyridine rings is 2. The Kier molecular flexibility index (Phi) is 7.43. The van der Waals surface area contributed by atoms with Crippen LogP contribution < -0.4 is 4.74 Å². The average Bonchev–Trinajstić information content (AvgIpc) is 4.13. The zero-order chi connectivity index (χ0) is 39.8. The largest absolute Gasteiger partial charge is 2.00 e. The van der Waals surface area contributed by atoms with Gasteiger partial charge in [-0.25, -0.2) is 0 Å². The molecule has 8 aromatic carbocycles. The molecule has 0 saturated heterocycles. The van der Waals surface area contributed by atoms with Crippen molar-refractivity contribution in [3.05, 3.63) is 195 Å². The second-order valence-electron chi connectivity index (χ2n) is 15.7. The van der Waals surface area contributed by atoms with E-state index in [0.717, 1.165) is 88.1 Å². The maximum Gasteiger partial charge on any atom is 2.00 e. The van der Waals surface area contributed by atoms with Crippen LogP contribution in [0.15, 0.2) is 183 Å². The summed E-state index contributed by atoms with van der Waals surface area (Å²) >= 11 is 0. The maximum absolute atomic E-state index is 6.64. The van der Waals surface area contributed by atoms with Crippen molar-refractivity contribution in [2.75, 3.05) is 0 Å². The third kappa shape index (κ3) is 4.74. The van der Waals surface area contributed by atoms with Gasteiger partial charge >= 0.3 is 21.1 Å². The summed E-state index contributed by atoms with van der Waals surface area (Å²) in [6.07, 6.45) is 7.85. The predicted octanol–water partition coefficient (Wildman–Crippen LogP) is 13.2. The van der Waals surface area contributed by atoms with Crippen molar-refractivity contribution in [2.45, 2.75) is 0 Å². The van der Waals surface area contributed by atoms with E-state index in [1.165, 1.54) is 21.5 Å². The number of nitrogens with zero attached hydrogens (tertiary/aromatic N) is 6. The topological polar surface area (TPSA) is 53.7 Å². The number of imidazole rings is 2. The molecule has 0 atom stereocenters. The Hall–Kier alpha value is -7.73. The Bertz CT molecular complexity index is 3870. The van der Waals surface area contributed by atoms with Crippen molar-refractivity contribution in [3.8, 4) is 22.9 Å². The van der Waals surface area contributed by atoms with Crippen molar-refractivity contribution < 1.29 is 25.8 Å². The molecule has 0 aliphatic rings. The first-order valence-electron chi connectivity index (χ1n) is 20.4. The first-order chi connectivity index (χ1) is 30.3. The molecule has 6 heterocycles. The molecule has 292 valence electrons. The van der Waals surface area contributed by atoms with Crippen LogP contribution in [0, 0.1) is 12.1 Å². The van der Waals surface area contributed by atoms with Gasteiger partial charge in [0.25, 0.3) is 0 Å². The zero-order valence-electron chi connectivity index (χ0n) is 32.7. The summed E-state index contributed by atoms with van der Waals surface area (Å²) in [6.45, 7) is 0. The van der Waals surface area contributed by atoms with Gasteiger partial charge in [0, 0.05) is 80.2 Å². The summed E-state index contributed by atoms with van der Waals surface area (Å²) in [5.74, 6) is 1.18. The van der Waals surface area contributed by atoms with Gasteiger partial charge in [0.2, 0.25) is 0 Å². The maximum atomic E-state index is 6.64. The van der Waals surface area contributed by atoms with E-state index in [-0.39, 0.29) is 21.1 Å². The monoisotopic (exact) mass is 973 g/mol. The Labute approximate surface area is 367 Å². The van der Waals surface area contributed by atoms with E-state index in [1.54, 1.807) is 0 Å². The molecule has 14 aromatic rings. The average molecular weight is 974 g/mol. The predicted molar refractivity (Wildman–Crippen MR) is 247 cm³/mol. The molecule has 62 heavy (non-hydrogen) atoms.